The van der Waals surface area contributed by atoms with Crippen LogP contribution in [0.1, 0.15) is 5.56 Å². The highest BCUT2D eigenvalue weighted by molar-refractivity contribution is 9.10. The Morgan fingerprint density at radius 3 is 2.92 bits per heavy atom. The van der Waals surface area contributed by atoms with Crippen LogP contribution < -0.4 is 19.7 Å². The lowest BCUT2D eigenvalue weighted by Gasteiger charge is -2.29. The number of carbonyl (C=O) groups excluding carboxylic acids is 2. The zero-order valence-electron chi connectivity index (χ0n) is 13.6. The number of carbonyl (C=O) groups is 2. The average molecular weight is 405 g/mol. The Hall–Kier alpha value is -2.54. The molecule has 25 heavy (non-hydrogen) atoms. The van der Waals surface area contributed by atoms with E-state index in [0.717, 1.165) is 10.0 Å². The van der Waals surface area contributed by atoms with Gasteiger partial charge in [-0.25, -0.2) is 0 Å². The van der Waals surface area contributed by atoms with E-state index in [9.17, 15) is 9.59 Å². The summed E-state index contributed by atoms with van der Waals surface area (Å²) in [4.78, 5) is 25.9. The van der Waals surface area contributed by atoms with Gasteiger partial charge in [0.1, 0.15) is 18.0 Å². The standard InChI is InChI=1S/C18H17BrN2O4/c1-24-15-5-3-2-4-12(15)9-20-17(22)10-21-14-7-6-13(19)8-16(14)25-11-18(21)23/h2-8H,9-11H2,1H3,(H,20,22). The van der Waals surface area contributed by atoms with Crippen LogP contribution in [0, 0.1) is 0 Å². The van der Waals surface area contributed by atoms with Crippen LogP contribution in [0.2, 0.25) is 0 Å². The van der Waals surface area contributed by atoms with Gasteiger partial charge in [-0.3, -0.25) is 14.5 Å². The van der Waals surface area contributed by atoms with E-state index in [4.69, 9.17) is 9.47 Å². The van der Waals surface area contributed by atoms with Gasteiger partial charge in [0.15, 0.2) is 6.61 Å². The lowest BCUT2D eigenvalue weighted by atomic mass is 10.2. The van der Waals surface area contributed by atoms with Gasteiger partial charge in [0.25, 0.3) is 5.91 Å². The van der Waals surface area contributed by atoms with Crippen LogP contribution in [0.3, 0.4) is 0 Å². The maximum atomic E-state index is 12.3. The zero-order chi connectivity index (χ0) is 17.8. The van der Waals surface area contributed by atoms with Crippen LogP contribution in [-0.4, -0.2) is 32.1 Å². The molecule has 0 atom stereocenters. The van der Waals surface area contributed by atoms with E-state index in [2.05, 4.69) is 21.2 Å². The third kappa shape index (κ3) is 3.93. The molecule has 1 aliphatic rings. The Morgan fingerprint density at radius 1 is 1.32 bits per heavy atom. The second kappa shape index (κ2) is 7.57. The molecular weight excluding hydrogens is 388 g/mol. The molecule has 1 N–H and O–H groups in total. The largest absolute Gasteiger partial charge is 0.496 e. The first-order valence-electron chi connectivity index (χ1n) is 7.70. The molecule has 0 unspecified atom stereocenters. The van der Waals surface area contributed by atoms with Gasteiger partial charge >= 0.3 is 0 Å². The fourth-order valence-corrected chi connectivity index (χ4v) is 2.93. The van der Waals surface area contributed by atoms with Crippen molar-refractivity contribution in [3.63, 3.8) is 0 Å². The number of benzene rings is 2. The molecule has 2 amide bonds. The normalized spacial score (nSPS) is 13.0. The minimum atomic E-state index is -0.255. The molecule has 0 aliphatic carbocycles. The van der Waals surface area contributed by atoms with Gasteiger partial charge in [-0.1, -0.05) is 34.1 Å². The van der Waals surface area contributed by atoms with E-state index in [1.807, 2.05) is 24.3 Å². The number of hydrogen-bond donors (Lipinski definition) is 1. The molecule has 130 valence electrons. The molecule has 1 heterocycles. The number of ether oxygens (including phenoxy) is 2. The lowest BCUT2D eigenvalue weighted by molar-refractivity contribution is -0.125. The quantitative estimate of drug-likeness (QED) is 0.830. The van der Waals surface area contributed by atoms with Crippen molar-refractivity contribution in [2.75, 3.05) is 25.2 Å². The number of fused-ring (bicyclic) bond motifs is 1. The number of para-hydroxylation sites is 1. The Bertz CT molecular complexity index is 809. The zero-order valence-corrected chi connectivity index (χ0v) is 15.2. The summed E-state index contributed by atoms with van der Waals surface area (Å²) < 4.78 is 11.5. The number of halogens is 1. The van der Waals surface area contributed by atoms with Crippen molar-refractivity contribution < 1.29 is 19.1 Å². The van der Waals surface area contributed by atoms with Gasteiger partial charge < -0.3 is 14.8 Å². The molecule has 0 spiro atoms. The molecule has 2 aromatic carbocycles. The summed E-state index contributed by atoms with van der Waals surface area (Å²) in [5, 5.41) is 2.82. The van der Waals surface area contributed by atoms with Gasteiger partial charge in [0, 0.05) is 16.6 Å². The molecule has 0 radical (unpaired) electrons. The molecular formula is C18H17BrN2O4. The summed E-state index contributed by atoms with van der Waals surface area (Å²) in [5.74, 6) is 0.782. The van der Waals surface area contributed by atoms with Gasteiger partial charge in [-0.05, 0) is 24.3 Å². The van der Waals surface area contributed by atoms with E-state index in [1.165, 1.54) is 4.90 Å². The SMILES string of the molecule is COc1ccccc1CNC(=O)CN1C(=O)COc2cc(Br)ccc21. The predicted molar refractivity (Wildman–Crippen MR) is 96.8 cm³/mol. The second-order valence-electron chi connectivity index (χ2n) is 5.47. The van der Waals surface area contributed by atoms with Gasteiger partial charge in [0.2, 0.25) is 5.91 Å². The van der Waals surface area contributed by atoms with E-state index < -0.39 is 0 Å². The first-order valence-corrected chi connectivity index (χ1v) is 8.49. The smallest absolute Gasteiger partial charge is 0.265 e. The fraction of sp³-hybridized carbons (Fsp3) is 0.222. The van der Waals surface area contributed by atoms with Crippen molar-refractivity contribution in [2.45, 2.75) is 6.54 Å². The lowest BCUT2D eigenvalue weighted by Crippen LogP contribution is -2.45. The number of nitrogens with one attached hydrogen (secondary N) is 1. The monoisotopic (exact) mass is 404 g/mol. The topological polar surface area (TPSA) is 67.9 Å². The van der Waals surface area contributed by atoms with E-state index in [0.29, 0.717) is 23.7 Å². The summed E-state index contributed by atoms with van der Waals surface area (Å²) in [5.41, 5.74) is 1.46. The van der Waals surface area contributed by atoms with Gasteiger partial charge in [-0.2, -0.15) is 0 Å². The summed E-state index contributed by atoms with van der Waals surface area (Å²) in [7, 11) is 1.59. The van der Waals surface area contributed by atoms with E-state index >= 15 is 0 Å². The highest BCUT2D eigenvalue weighted by Crippen LogP contribution is 2.34. The van der Waals surface area contributed by atoms with Crippen LogP contribution in [0.5, 0.6) is 11.5 Å². The summed E-state index contributed by atoms with van der Waals surface area (Å²) in [6, 6.07) is 12.8. The summed E-state index contributed by atoms with van der Waals surface area (Å²) in [6.07, 6.45) is 0. The van der Waals surface area contributed by atoms with Crippen LogP contribution >= 0.6 is 15.9 Å². The molecule has 2 aromatic rings. The van der Waals surface area contributed by atoms with Crippen molar-refractivity contribution in [1.29, 1.82) is 0 Å². The molecule has 0 saturated heterocycles. The number of anilines is 1. The minimum Gasteiger partial charge on any atom is -0.496 e. The maximum Gasteiger partial charge on any atom is 0.265 e. The number of nitrogens with zero attached hydrogens (tertiary/aromatic N) is 1. The van der Waals surface area contributed by atoms with Crippen molar-refractivity contribution in [2.24, 2.45) is 0 Å². The van der Waals surface area contributed by atoms with Crippen LogP contribution in [0.25, 0.3) is 0 Å². The highest BCUT2D eigenvalue weighted by atomic mass is 79.9. The molecule has 3 rings (SSSR count). The predicted octanol–water partition coefficient (Wildman–Crippen LogP) is 2.50. The van der Waals surface area contributed by atoms with Crippen LogP contribution in [-0.2, 0) is 16.1 Å². The van der Waals surface area contributed by atoms with Crippen molar-refractivity contribution in [3.8, 4) is 11.5 Å². The number of hydrogen-bond acceptors (Lipinski definition) is 4. The van der Waals surface area contributed by atoms with Crippen molar-refractivity contribution in [1.82, 2.24) is 5.32 Å². The third-order valence-corrected chi connectivity index (χ3v) is 4.33. The average Bonchev–Trinajstić information content (AvgIpc) is 2.62. The summed E-state index contributed by atoms with van der Waals surface area (Å²) in [6.45, 7) is 0.184. The van der Waals surface area contributed by atoms with Crippen molar-refractivity contribution in [3.05, 3.63) is 52.5 Å². The number of amides is 2. The molecule has 0 bridgehead atoms. The first kappa shape index (κ1) is 17.3. The Kier molecular flexibility index (Phi) is 5.23. The van der Waals surface area contributed by atoms with Crippen molar-refractivity contribution >= 4 is 33.4 Å². The van der Waals surface area contributed by atoms with E-state index in [1.54, 1.807) is 25.3 Å². The molecule has 1 aliphatic heterocycles. The van der Waals surface area contributed by atoms with Gasteiger partial charge in [0.05, 0.1) is 12.8 Å². The van der Waals surface area contributed by atoms with Crippen LogP contribution in [0.15, 0.2) is 46.9 Å². The fourth-order valence-electron chi connectivity index (χ4n) is 2.59. The number of methoxy groups -OCH3 is 1. The summed E-state index contributed by atoms with van der Waals surface area (Å²) >= 11 is 3.37. The number of rotatable bonds is 5. The Labute approximate surface area is 153 Å². The highest BCUT2D eigenvalue weighted by Gasteiger charge is 2.27. The molecule has 6 nitrogen and oxygen atoms in total. The molecule has 0 aromatic heterocycles. The Balaban J connectivity index is 1.68. The second-order valence-corrected chi connectivity index (χ2v) is 6.38. The molecule has 7 heteroatoms. The molecule has 0 saturated carbocycles. The molecule has 0 fully saturated rings. The maximum absolute atomic E-state index is 12.3. The Morgan fingerprint density at radius 2 is 2.12 bits per heavy atom. The van der Waals surface area contributed by atoms with Crippen LogP contribution in [0.4, 0.5) is 5.69 Å². The minimum absolute atomic E-state index is 0.0635. The third-order valence-electron chi connectivity index (χ3n) is 3.84. The van der Waals surface area contributed by atoms with Gasteiger partial charge in [-0.15, -0.1) is 0 Å². The van der Waals surface area contributed by atoms with E-state index in [-0.39, 0.29) is 25.0 Å². The first-order chi connectivity index (χ1) is 12.1.